The molecule has 0 aliphatic carbocycles. The lowest BCUT2D eigenvalue weighted by Gasteiger charge is -2.21. The number of anilines is 4. The summed E-state index contributed by atoms with van der Waals surface area (Å²) in [5.41, 5.74) is 3.58. The van der Waals surface area contributed by atoms with Crippen molar-refractivity contribution < 1.29 is 9.85 Å². The molecular weight excluding hydrogens is 504 g/mol. The van der Waals surface area contributed by atoms with Gasteiger partial charge in [0, 0.05) is 34.6 Å². The molecule has 0 aliphatic heterocycles. The molecule has 0 bridgehead atoms. The van der Waals surface area contributed by atoms with E-state index in [4.69, 9.17) is 0 Å². The van der Waals surface area contributed by atoms with Gasteiger partial charge in [0.05, 0.1) is 9.85 Å². The first kappa shape index (κ1) is 24.6. The number of rotatable bonds is 7. The Bertz CT molecular complexity index is 1800. The number of nitrogens with zero attached hydrogens (tertiary/aromatic N) is 2. The summed E-state index contributed by atoms with van der Waals surface area (Å²) < 4.78 is 0. The predicted octanol–water partition coefficient (Wildman–Crippen LogP) is 8.96. The maximum Gasteiger partial charge on any atom is 0.292 e. The van der Waals surface area contributed by atoms with Crippen LogP contribution in [0.3, 0.4) is 0 Å². The number of hydrogen-bond donors (Lipinski definition) is 2. The molecule has 0 fully saturated rings. The first-order valence-electron chi connectivity index (χ1n) is 12.6. The molecule has 0 aromatic heterocycles. The lowest BCUT2D eigenvalue weighted by atomic mass is 9.90. The predicted molar refractivity (Wildman–Crippen MR) is 160 cm³/mol. The molecule has 6 aromatic carbocycles. The van der Waals surface area contributed by atoms with E-state index in [1.165, 1.54) is 12.1 Å². The highest BCUT2D eigenvalue weighted by molar-refractivity contribution is 6.14. The Morgan fingerprint density at radius 3 is 1.23 bits per heavy atom. The maximum absolute atomic E-state index is 11.8. The number of para-hydroxylation sites is 4. The molecule has 0 saturated carbocycles. The molecule has 40 heavy (non-hydrogen) atoms. The molecule has 0 radical (unpaired) electrons. The van der Waals surface area contributed by atoms with Crippen LogP contribution >= 0.6 is 0 Å². The van der Waals surface area contributed by atoms with Gasteiger partial charge < -0.3 is 10.6 Å². The van der Waals surface area contributed by atoms with Crippen LogP contribution in [0.2, 0.25) is 0 Å². The summed E-state index contributed by atoms with van der Waals surface area (Å²) in [6.07, 6.45) is 0. The molecule has 0 aliphatic rings. The van der Waals surface area contributed by atoms with Crippen LogP contribution in [0.5, 0.6) is 0 Å². The van der Waals surface area contributed by atoms with Crippen molar-refractivity contribution in [2.24, 2.45) is 0 Å². The largest absolute Gasteiger partial charge is 0.349 e. The zero-order valence-corrected chi connectivity index (χ0v) is 21.1. The number of fused-ring (bicyclic) bond motifs is 2. The van der Waals surface area contributed by atoms with Crippen molar-refractivity contribution in [1.29, 1.82) is 0 Å². The van der Waals surface area contributed by atoms with Crippen LogP contribution in [-0.2, 0) is 0 Å². The Labute approximate surface area is 228 Å². The van der Waals surface area contributed by atoms with Crippen molar-refractivity contribution in [3.05, 3.63) is 142 Å². The fourth-order valence-corrected chi connectivity index (χ4v) is 5.06. The average Bonchev–Trinajstić information content (AvgIpc) is 2.97. The van der Waals surface area contributed by atoms with Crippen LogP contribution in [0.15, 0.2) is 121 Å². The van der Waals surface area contributed by atoms with Crippen LogP contribution in [0.1, 0.15) is 0 Å². The molecule has 6 aromatic rings. The molecule has 0 heterocycles. The van der Waals surface area contributed by atoms with Gasteiger partial charge in [-0.2, -0.15) is 0 Å². The topological polar surface area (TPSA) is 110 Å². The Morgan fingerprint density at radius 1 is 0.425 bits per heavy atom. The summed E-state index contributed by atoms with van der Waals surface area (Å²) in [4.78, 5) is 22.8. The fourth-order valence-electron chi connectivity index (χ4n) is 5.06. The quantitative estimate of drug-likeness (QED) is 0.159. The van der Waals surface area contributed by atoms with Crippen LogP contribution in [-0.4, -0.2) is 9.85 Å². The molecule has 0 spiro atoms. The minimum absolute atomic E-state index is 0.0437. The third kappa shape index (κ3) is 4.43. The first-order valence-corrected chi connectivity index (χ1v) is 12.6. The number of nitrogens with one attached hydrogen (secondary N) is 2. The third-order valence-electron chi connectivity index (χ3n) is 6.85. The highest BCUT2D eigenvalue weighted by Crippen LogP contribution is 2.46. The van der Waals surface area contributed by atoms with Crippen molar-refractivity contribution >= 4 is 55.7 Å². The Hall–Kier alpha value is -5.76. The second-order valence-corrected chi connectivity index (χ2v) is 9.22. The summed E-state index contributed by atoms with van der Waals surface area (Å²) in [6, 6.07) is 36.6. The van der Waals surface area contributed by atoms with Gasteiger partial charge in [-0.3, -0.25) is 20.2 Å². The lowest BCUT2D eigenvalue weighted by molar-refractivity contribution is -0.384. The van der Waals surface area contributed by atoms with E-state index in [0.717, 1.165) is 32.7 Å². The first-order chi connectivity index (χ1) is 19.5. The number of nitro benzene ring substituents is 2. The molecule has 0 amide bonds. The fraction of sp³-hybridized carbons (Fsp3) is 0. The van der Waals surface area contributed by atoms with E-state index in [1.54, 1.807) is 36.4 Å². The van der Waals surface area contributed by atoms with Crippen LogP contribution in [0.4, 0.5) is 34.1 Å². The standard InChI is InChI=1S/C32H22N4O4/c37-35(38)29-15-7-5-13-25(29)33-27-19-17-21-9-1-3-11-23(21)31(27)32-24-12-4-2-10-22(24)18-20-28(32)34-26-14-6-8-16-30(26)36(39)40/h1-20,33-34H. The number of benzene rings is 6. The van der Waals surface area contributed by atoms with Crippen molar-refractivity contribution in [2.45, 2.75) is 0 Å². The van der Waals surface area contributed by atoms with Gasteiger partial charge in [0.1, 0.15) is 11.4 Å². The van der Waals surface area contributed by atoms with Crippen molar-refractivity contribution in [3.8, 4) is 11.1 Å². The van der Waals surface area contributed by atoms with E-state index >= 15 is 0 Å². The average molecular weight is 527 g/mol. The van der Waals surface area contributed by atoms with Gasteiger partial charge >= 0.3 is 0 Å². The van der Waals surface area contributed by atoms with E-state index in [1.807, 2.05) is 72.8 Å². The molecule has 8 nitrogen and oxygen atoms in total. The summed E-state index contributed by atoms with van der Waals surface area (Å²) >= 11 is 0. The van der Waals surface area contributed by atoms with Crippen molar-refractivity contribution in [2.75, 3.05) is 10.6 Å². The van der Waals surface area contributed by atoms with Gasteiger partial charge in [0.15, 0.2) is 0 Å². The Kier molecular flexibility index (Phi) is 6.26. The number of nitro groups is 2. The molecule has 2 N–H and O–H groups in total. The molecule has 8 heteroatoms. The zero-order chi connectivity index (χ0) is 27.6. The minimum Gasteiger partial charge on any atom is -0.349 e. The number of hydrogen-bond acceptors (Lipinski definition) is 6. The second kappa shape index (κ2) is 10.2. The zero-order valence-electron chi connectivity index (χ0n) is 21.1. The monoisotopic (exact) mass is 526 g/mol. The normalized spacial score (nSPS) is 10.9. The van der Waals surface area contributed by atoms with E-state index < -0.39 is 9.85 Å². The van der Waals surface area contributed by atoms with Crippen LogP contribution in [0, 0.1) is 20.2 Å². The molecule has 0 unspecified atom stereocenters. The van der Waals surface area contributed by atoms with E-state index in [0.29, 0.717) is 22.7 Å². The SMILES string of the molecule is O=[N+]([O-])c1ccccc1Nc1ccc2ccccc2c1-c1c(Nc2ccccc2[N+](=O)[O-])ccc2ccccc12. The summed E-state index contributed by atoms with van der Waals surface area (Å²) in [7, 11) is 0. The van der Waals surface area contributed by atoms with Crippen molar-refractivity contribution in [3.63, 3.8) is 0 Å². The molecule has 6 rings (SSSR count). The van der Waals surface area contributed by atoms with Crippen LogP contribution < -0.4 is 10.6 Å². The van der Waals surface area contributed by atoms with Crippen LogP contribution in [0.25, 0.3) is 32.7 Å². The molecule has 194 valence electrons. The minimum atomic E-state index is -0.414. The highest BCUT2D eigenvalue weighted by atomic mass is 16.6. The van der Waals surface area contributed by atoms with Gasteiger partial charge in [-0.15, -0.1) is 0 Å². The van der Waals surface area contributed by atoms with E-state index in [-0.39, 0.29) is 11.4 Å². The summed E-state index contributed by atoms with van der Waals surface area (Å²) in [5, 5.41) is 34.1. The molecule has 0 saturated heterocycles. The van der Waals surface area contributed by atoms with Crippen molar-refractivity contribution in [1.82, 2.24) is 0 Å². The lowest BCUT2D eigenvalue weighted by Crippen LogP contribution is -2.02. The maximum atomic E-state index is 11.8. The van der Waals surface area contributed by atoms with Gasteiger partial charge in [-0.1, -0.05) is 84.9 Å². The second-order valence-electron chi connectivity index (χ2n) is 9.22. The molecular formula is C32H22N4O4. The summed E-state index contributed by atoms with van der Waals surface area (Å²) in [6.45, 7) is 0. The van der Waals surface area contributed by atoms with Gasteiger partial charge in [0.2, 0.25) is 0 Å². The highest BCUT2D eigenvalue weighted by Gasteiger charge is 2.21. The van der Waals surface area contributed by atoms with Gasteiger partial charge in [0.25, 0.3) is 11.4 Å². The van der Waals surface area contributed by atoms with Gasteiger partial charge in [-0.05, 0) is 45.8 Å². The van der Waals surface area contributed by atoms with Gasteiger partial charge in [-0.25, -0.2) is 0 Å². The molecule has 0 atom stereocenters. The Morgan fingerprint density at radius 2 is 0.800 bits per heavy atom. The smallest absolute Gasteiger partial charge is 0.292 e. The Balaban J connectivity index is 1.65. The third-order valence-corrected chi connectivity index (χ3v) is 6.85. The van der Waals surface area contributed by atoms with E-state index in [2.05, 4.69) is 10.6 Å². The van der Waals surface area contributed by atoms with E-state index in [9.17, 15) is 20.2 Å². The summed E-state index contributed by atoms with van der Waals surface area (Å²) in [5.74, 6) is 0.